The third-order valence-corrected chi connectivity index (χ3v) is 5.88. The molecule has 1 atom stereocenters. The van der Waals surface area contributed by atoms with Crippen LogP contribution < -0.4 is 0 Å². The molecule has 0 fully saturated rings. The van der Waals surface area contributed by atoms with Gasteiger partial charge in [0.05, 0.1) is 6.54 Å². The van der Waals surface area contributed by atoms with Gasteiger partial charge in [-0.3, -0.25) is 9.36 Å². The van der Waals surface area contributed by atoms with Crippen molar-refractivity contribution in [3.63, 3.8) is 0 Å². The zero-order chi connectivity index (χ0) is 16.3. The minimum Gasteiger partial charge on any atom is -0.354 e. The summed E-state index contributed by atoms with van der Waals surface area (Å²) < 4.78 is 33.4. The van der Waals surface area contributed by atoms with E-state index in [0.717, 1.165) is 0 Å². The Morgan fingerprint density at radius 2 is 1.73 bits per heavy atom. The molecule has 1 aliphatic heterocycles. The first kappa shape index (κ1) is 17.1. The Hall–Kier alpha value is -1.24. The molecule has 0 N–H and O–H groups in total. The van der Waals surface area contributed by atoms with Crippen molar-refractivity contribution in [1.82, 2.24) is 4.90 Å². The molecule has 7 nitrogen and oxygen atoms in total. The summed E-state index contributed by atoms with van der Waals surface area (Å²) in [7, 11) is 2.02. The van der Waals surface area contributed by atoms with Crippen LogP contribution in [0.5, 0.6) is 0 Å². The highest BCUT2D eigenvalue weighted by Crippen LogP contribution is 2.63. The Morgan fingerprint density at radius 3 is 2.27 bits per heavy atom. The predicted octanol–water partition coefficient (Wildman–Crippen LogP) is 2.25. The largest absolute Gasteiger partial charge is 0.357 e. The maximum absolute atomic E-state index is 12.9. The van der Waals surface area contributed by atoms with Gasteiger partial charge in [0.1, 0.15) is 0 Å². The Labute approximate surface area is 129 Å². The summed E-state index contributed by atoms with van der Waals surface area (Å²) in [5, 5.41) is 0. The fourth-order valence-corrected chi connectivity index (χ4v) is 4.21. The van der Waals surface area contributed by atoms with Gasteiger partial charge in [0.25, 0.3) is 5.91 Å². The highest BCUT2D eigenvalue weighted by Gasteiger charge is 2.49. The van der Waals surface area contributed by atoms with Crippen molar-refractivity contribution in [2.75, 3.05) is 35.0 Å². The van der Waals surface area contributed by atoms with E-state index in [0.29, 0.717) is 11.1 Å². The highest BCUT2D eigenvalue weighted by molar-refractivity contribution is 7.54. The van der Waals surface area contributed by atoms with E-state index >= 15 is 0 Å². The lowest BCUT2D eigenvalue weighted by Crippen LogP contribution is -2.37. The average Bonchev–Trinajstić information content (AvgIpc) is 2.85. The van der Waals surface area contributed by atoms with E-state index in [9.17, 15) is 9.36 Å². The summed E-state index contributed by atoms with van der Waals surface area (Å²) in [6, 6.07) is 6.97. The quantitative estimate of drug-likeness (QED) is 0.564. The van der Waals surface area contributed by atoms with E-state index in [1.807, 2.05) is 0 Å². The molecule has 0 aromatic heterocycles. The Balaban J connectivity index is 2.48. The normalized spacial score (nSPS) is 18.1. The first-order chi connectivity index (χ1) is 10.5. The van der Waals surface area contributed by atoms with Gasteiger partial charge in [-0.25, -0.2) is 0 Å². The number of ether oxygens (including phenoxy) is 2. The zero-order valence-electron chi connectivity index (χ0n) is 13.0. The molecule has 0 saturated heterocycles. The molecule has 122 valence electrons. The van der Waals surface area contributed by atoms with Gasteiger partial charge in [-0.05, 0) is 11.6 Å². The second-order valence-electron chi connectivity index (χ2n) is 4.72. The van der Waals surface area contributed by atoms with Crippen LogP contribution >= 0.6 is 7.60 Å². The van der Waals surface area contributed by atoms with Gasteiger partial charge in [0, 0.05) is 34.0 Å². The van der Waals surface area contributed by atoms with Crippen LogP contribution in [0, 0.1) is 0 Å². The van der Waals surface area contributed by atoms with Crippen molar-refractivity contribution in [2.45, 2.75) is 12.1 Å². The number of fused-ring (bicyclic) bond motifs is 1. The van der Waals surface area contributed by atoms with Crippen LogP contribution in [-0.2, 0) is 23.1 Å². The van der Waals surface area contributed by atoms with Gasteiger partial charge >= 0.3 is 7.60 Å². The summed E-state index contributed by atoms with van der Waals surface area (Å²) in [6.45, 7) is 0.113. The molecule has 2 rings (SSSR count). The minimum atomic E-state index is -3.54. The molecule has 1 heterocycles. The van der Waals surface area contributed by atoms with Crippen molar-refractivity contribution in [2.24, 2.45) is 0 Å². The molecule has 8 heteroatoms. The smallest absolute Gasteiger partial charge is 0.354 e. The van der Waals surface area contributed by atoms with Gasteiger partial charge in [0.2, 0.25) is 0 Å². The van der Waals surface area contributed by atoms with Crippen LogP contribution in [0.1, 0.15) is 21.7 Å². The van der Waals surface area contributed by atoms with E-state index < -0.39 is 19.7 Å². The fraction of sp³-hybridized carbons (Fsp3) is 0.500. The topological polar surface area (TPSA) is 74.3 Å². The third kappa shape index (κ3) is 2.83. The maximum atomic E-state index is 12.9. The summed E-state index contributed by atoms with van der Waals surface area (Å²) >= 11 is 0. The number of carbonyl (C=O) groups excluding carboxylic acids is 1. The lowest BCUT2D eigenvalue weighted by molar-refractivity contribution is -0.113. The van der Waals surface area contributed by atoms with E-state index in [-0.39, 0.29) is 12.5 Å². The fourth-order valence-electron chi connectivity index (χ4n) is 2.55. The molecule has 0 aliphatic carbocycles. The third-order valence-electron chi connectivity index (χ3n) is 3.71. The second kappa shape index (κ2) is 6.89. The summed E-state index contributed by atoms with van der Waals surface area (Å²) in [6.07, 6.45) is -0.636. The van der Waals surface area contributed by atoms with Crippen LogP contribution in [0.15, 0.2) is 24.3 Å². The van der Waals surface area contributed by atoms with Crippen molar-refractivity contribution in [1.29, 1.82) is 0 Å². The molecule has 1 aromatic rings. The van der Waals surface area contributed by atoms with E-state index in [1.54, 1.807) is 24.3 Å². The maximum Gasteiger partial charge on any atom is 0.357 e. The van der Waals surface area contributed by atoms with Gasteiger partial charge in [-0.2, -0.15) is 0 Å². The van der Waals surface area contributed by atoms with Crippen LogP contribution in [0.25, 0.3) is 0 Å². The van der Waals surface area contributed by atoms with E-state index in [2.05, 4.69) is 0 Å². The van der Waals surface area contributed by atoms with Crippen LogP contribution in [0.3, 0.4) is 0 Å². The Kier molecular flexibility index (Phi) is 5.36. The molecule has 1 aromatic carbocycles. The average molecular weight is 329 g/mol. The molecule has 0 radical (unpaired) electrons. The Bertz CT molecular complexity index is 580. The molecule has 22 heavy (non-hydrogen) atoms. The predicted molar refractivity (Wildman–Crippen MR) is 79.7 cm³/mol. The first-order valence-corrected chi connectivity index (χ1v) is 8.30. The van der Waals surface area contributed by atoms with E-state index in [4.69, 9.17) is 18.5 Å². The van der Waals surface area contributed by atoms with Crippen molar-refractivity contribution in [3.8, 4) is 0 Å². The van der Waals surface area contributed by atoms with Crippen LogP contribution in [0.2, 0.25) is 0 Å². The van der Waals surface area contributed by atoms with Crippen LogP contribution in [-0.4, -0.2) is 52.1 Å². The lowest BCUT2D eigenvalue weighted by Gasteiger charge is -2.31. The molecule has 1 unspecified atom stereocenters. The standard InChI is InChI=1S/C14H20NO6P/c1-18-12(19-2)9-15-13(16)10-7-5-6-8-11(10)14(15)22(17,20-3)21-4/h5-8,12,14H,9H2,1-4H3. The monoisotopic (exact) mass is 329 g/mol. The molecule has 0 spiro atoms. The molecular formula is C14H20NO6P. The second-order valence-corrected chi connectivity index (χ2v) is 7.02. The first-order valence-electron chi connectivity index (χ1n) is 6.69. The van der Waals surface area contributed by atoms with Gasteiger partial charge in [-0.15, -0.1) is 0 Å². The van der Waals surface area contributed by atoms with Gasteiger partial charge < -0.3 is 23.4 Å². The number of amides is 1. The number of methoxy groups -OCH3 is 2. The Morgan fingerprint density at radius 1 is 1.14 bits per heavy atom. The molecule has 1 amide bonds. The zero-order valence-corrected chi connectivity index (χ0v) is 13.9. The van der Waals surface area contributed by atoms with Crippen molar-refractivity contribution < 1.29 is 27.9 Å². The van der Waals surface area contributed by atoms with Gasteiger partial charge in [-0.1, -0.05) is 18.2 Å². The number of hydrogen-bond donors (Lipinski definition) is 0. The number of nitrogens with zero attached hydrogens (tertiary/aromatic N) is 1. The number of benzene rings is 1. The van der Waals surface area contributed by atoms with Crippen molar-refractivity contribution in [3.05, 3.63) is 35.4 Å². The number of carbonyl (C=O) groups is 1. The number of hydrogen-bond acceptors (Lipinski definition) is 6. The molecule has 0 saturated carbocycles. The summed E-state index contributed by atoms with van der Waals surface area (Å²) in [4.78, 5) is 14.0. The van der Waals surface area contributed by atoms with Crippen LogP contribution in [0.4, 0.5) is 0 Å². The summed E-state index contributed by atoms with van der Waals surface area (Å²) in [5.41, 5.74) is 1.10. The van der Waals surface area contributed by atoms with Crippen molar-refractivity contribution >= 4 is 13.5 Å². The summed E-state index contributed by atoms with van der Waals surface area (Å²) in [5.74, 6) is -1.08. The van der Waals surface area contributed by atoms with Gasteiger partial charge in [0.15, 0.2) is 12.1 Å². The van der Waals surface area contributed by atoms with E-state index in [1.165, 1.54) is 33.3 Å². The number of rotatable bonds is 7. The molecule has 0 bridgehead atoms. The SMILES string of the molecule is COC(CN1C(=O)c2ccccc2C1P(=O)(OC)OC)OC. The lowest BCUT2D eigenvalue weighted by atomic mass is 10.1. The minimum absolute atomic E-state index is 0.113. The highest BCUT2D eigenvalue weighted by atomic mass is 31.2. The molecular weight excluding hydrogens is 309 g/mol. The molecule has 1 aliphatic rings.